The second-order valence-corrected chi connectivity index (χ2v) is 4.61. The topological polar surface area (TPSA) is 24.9 Å². The van der Waals surface area contributed by atoms with E-state index in [0.29, 0.717) is 0 Å². The highest BCUT2D eigenvalue weighted by Gasteiger charge is 1.98. The van der Waals surface area contributed by atoms with Gasteiger partial charge in [0, 0.05) is 12.7 Å². The molecule has 1 heterocycles. The Hall–Kier alpha value is -0.320. The molecule has 0 atom stereocenters. The molecule has 0 amide bonds. The molecule has 1 aromatic heterocycles. The van der Waals surface area contributed by atoms with Crippen LogP contribution in [0.5, 0.6) is 0 Å². The highest BCUT2D eigenvalue weighted by molar-refractivity contribution is 14.1. The van der Waals surface area contributed by atoms with Crippen molar-refractivity contribution in [1.82, 2.24) is 4.98 Å². The predicted octanol–water partition coefficient (Wildman–Crippen LogP) is 3.14. The lowest BCUT2D eigenvalue weighted by molar-refractivity contribution is 0.606. The second-order valence-electron chi connectivity index (χ2n) is 3.44. The number of aromatic nitrogens is 1. The summed E-state index contributed by atoms with van der Waals surface area (Å²) in [4.78, 5) is 4.26. The lowest BCUT2D eigenvalue weighted by Crippen LogP contribution is -2.07. The number of halogens is 1. The van der Waals surface area contributed by atoms with Crippen molar-refractivity contribution in [3.63, 3.8) is 0 Å². The van der Waals surface area contributed by atoms with Crippen molar-refractivity contribution < 1.29 is 0 Å². The number of anilines is 1. The summed E-state index contributed by atoms with van der Waals surface area (Å²) in [6.45, 7) is 5.46. The van der Waals surface area contributed by atoms with E-state index >= 15 is 0 Å². The van der Waals surface area contributed by atoms with Gasteiger partial charge in [-0.2, -0.15) is 0 Å². The fraction of sp³-hybridized carbons (Fsp3) is 0.500. The summed E-state index contributed by atoms with van der Waals surface area (Å²) in [6, 6.07) is 4.01. The van der Waals surface area contributed by atoms with Gasteiger partial charge in [-0.3, -0.25) is 0 Å². The highest BCUT2D eigenvalue weighted by Crippen LogP contribution is 2.13. The summed E-state index contributed by atoms with van der Waals surface area (Å²) < 4.78 is 1.18. The van der Waals surface area contributed by atoms with Crippen LogP contribution in [0.4, 0.5) is 5.82 Å². The number of nitrogens with zero attached hydrogens (tertiary/aromatic N) is 1. The minimum Gasteiger partial charge on any atom is -0.369 e. The zero-order valence-electron chi connectivity index (χ0n) is 8.05. The van der Waals surface area contributed by atoms with Crippen molar-refractivity contribution in [2.75, 3.05) is 11.9 Å². The SMILES string of the molecule is CC(C)CCNc1ncccc1I. The van der Waals surface area contributed by atoms with Gasteiger partial charge in [-0.1, -0.05) is 13.8 Å². The third kappa shape index (κ3) is 3.93. The van der Waals surface area contributed by atoms with Gasteiger partial charge in [0.2, 0.25) is 0 Å². The van der Waals surface area contributed by atoms with Crippen molar-refractivity contribution in [1.29, 1.82) is 0 Å². The van der Waals surface area contributed by atoms with Crippen LogP contribution in [-0.4, -0.2) is 11.5 Å². The molecule has 0 saturated carbocycles. The van der Waals surface area contributed by atoms with Crippen LogP contribution in [0.1, 0.15) is 20.3 Å². The highest BCUT2D eigenvalue weighted by atomic mass is 127. The molecule has 1 rings (SSSR count). The Morgan fingerprint density at radius 1 is 1.54 bits per heavy atom. The van der Waals surface area contributed by atoms with Crippen molar-refractivity contribution in [2.45, 2.75) is 20.3 Å². The van der Waals surface area contributed by atoms with E-state index in [0.717, 1.165) is 18.3 Å². The summed E-state index contributed by atoms with van der Waals surface area (Å²) in [5.41, 5.74) is 0. The molecule has 0 aliphatic rings. The standard InChI is InChI=1S/C10H15IN2/c1-8(2)5-7-13-10-9(11)4-3-6-12-10/h3-4,6,8H,5,7H2,1-2H3,(H,12,13). The zero-order valence-corrected chi connectivity index (χ0v) is 10.2. The Morgan fingerprint density at radius 3 is 2.92 bits per heavy atom. The van der Waals surface area contributed by atoms with Crippen molar-refractivity contribution in [2.24, 2.45) is 5.92 Å². The molecule has 1 aromatic rings. The lowest BCUT2D eigenvalue weighted by atomic mass is 10.1. The number of hydrogen-bond donors (Lipinski definition) is 1. The third-order valence-corrected chi connectivity index (χ3v) is 2.64. The van der Waals surface area contributed by atoms with E-state index in [4.69, 9.17) is 0 Å². The average molecular weight is 290 g/mol. The van der Waals surface area contributed by atoms with Crippen LogP contribution < -0.4 is 5.32 Å². The van der Waals surface area contributed by atoms with Gasteiger partial charge in [0.15, 0.2) is 0 Å². The van der Waals surface area contributed by atoms with Crippen molar-refractivity contribution in [3.8, 4) is 0 Å². The Bertz CT molecular complexity index is 261. The van der Waals surface area contributed by atoms with Crippen LogP contribution in [0.3, 0.4) is 0 Å². The molecule has 13 heavy (non-hydrogen) atoms. The molecule has 0 aromatic carbocycles. The second kappa shape index (κ2) is 5.42. The maximum absolute atomic E-state index is 4.26. The van der Waals surface area contributed by atoms with E-state index in [1.165, 1.54) is 9.99 Å². The molecule has 0 unspecified atom stereocenters. The van der Waals surface area contributed by atoms with Crippen LogP contribution in [-0.2, 0) is 0 Å². The first kappa shape index (κ1) is 10.8. The Balaban J connectivity index is 2.41. The number of pyridine rings is 1. The first-order valence-electron chi connectivity index (χ1n) is 4.54. The zero-order chi connectivity index (χ0) is 9.68. The number of hydrogen-bond acceptors (Lipinski definition) is 2. The lowest BCUT2D eigenvalue weighted by Gasteiger charge is -2.08. The van der Waals surface area contributed by atoms with Gasteiger partial charge in [-0.25, -0.2) is 4.98 Å². The van der Waals surface area contributed by atoms with E-state index in [1.807, 2.05) is 12.3 Å². The molecule has 0 fully saturated rings. The van der Waals surface area contributed by atoms with Crippen LogP contribution >= 0.6 is 22.6 Å². The fourth-order valence-electron chi connectivity index (χ4n) is 0.995. The molecule has 0 radical (unpaired) electrons. The monoisotopic (exact) mass is 290 g/mol. The predicted molar refractivity (Wildman–Crippen MR) is 64.9 cm³/mol. The minimum atomic E-state index is 0.744. The summed E-state index contributed by atoms with van der Waals surface area (Å²) in [5, 5.41) is 3.33. The molecular weight excluding hydrogens is 275 g/mol. The smallest absolute Gasteiger partial charge is 0.139 e. The van der Waals surface area contributed by atoms with Crippen molar-refractivity contribution >= 4 is 28.4 Å². The minimum absolute atomic E-state index is 0.744. The van der Waals surface area contributed by atoms with E-state index < -0.39 is 0 Å². The maximum atomic E-state index is 4.26. The molecule has 0 aliphatic heterocycles. The Labute approximate surface area is 93.3 Å². The maximum Gasteiger partial charge on any atom is 0.139 e. The molecular formula is C10H15IN2. The molecule has 0 saturated heterocycles. The quantitative estimate of drug-likeness (QED) is 0.862. The molecule has 0 aliphatic carbocycles. The summed E-state index contributed by atoms with van der Waals surface area (Å²) in [5.74, 6) is 1.75. The summed E-state index contributed by atoms with van der Waals surface area (Å²) in [6.07, 6.45) is 3.01. The van der Waals surface area contributed by atoms with Crippen LogP contribution in [0.2, 0.25) is 0 Å². The van der Waals surface area contributed by atoms with E-state index in [2.05, 4.69) is 52.8 Å². The number of nitrogens with one attached hydrogen (secondary N) is 1. The van der Waals surface area contributed by atoms with E-state index in [9.17, 15) is 0 Å². The largest absolute Gasteiger partial charge is 0.369 e. The van der Waals surface area contributed by atoms with Gasteiger partial charge in [-0.15, -0.1) is 0 Å². The summed E-state index contributed by atoms with van der Waals surface area (Å²) in [7, 11) is 0. The molecule has 2 nitrogen and oxygen atoms in total. The van der Waals surface area contributed by atoms with E-state index in [1.54, 1.807) is 0 Å². The van der Waals surface area contributed by atoms with Gasteiger partial charge in [-0.05, 0) is 47.1 Å². The molecule has 1 N–H and O–H groups in total. The molecule has 0 spiro atoms. The van der Waals surface area contributed by atoms with Gasteiger partial charge < -0.3 is 5.32 Å². The molecule has 3 heteroatoms. The van der Waals surface area contributed by atoms with Gasteiger partial charge in [0.05, 0.1) is 3.57 Å². The molecule has 72 valence electrons. The van der Waals surface area contributed by atoms with Crippen molar-refractivity contribution in [3.05, 3.63) is 21.9 Å². The van der Waals surface area contributed by atoms with Gasteiger partial charge in [0.1, 0.15) is 5.82 Å². The van der Waals surface area contributed by atoms with Crippen LogP contribution in [0.15, 0.2) is 18.3 Å². The Morgan fingerprint density at radius 2 is 2.31 bits per heavy atom. The summed E-state index contributed by atoms with van der Waals surface area (Å²) >= 11 is 2.29. The first-order chi connectivity index (χ1) is 6.20. The average Bonchev–Trinajstić information content (AvgIpc) is 2.08. The first-order valence-corrected chi connectivity index (χ1v) is 5.62. The Kier molecular flexibility index (Phi) is 4.48. The van der Waals surface area contributed by atoms with Gasteiger partial charge >= 0.3 is 0 Å². The van der Waals surface area contributed by atoms with Crippen LogP contribution in [0.25, 0.3) is 0 Å². The van der Waals surface area contributed by atoms with Gasteiger partial charge in [0.25, 0.3) is 0 Å². The van der Waals surface area contributed by atoms with E-state index in [-0.39, 0.29) is 0 Å². The fourth-order valence-corrected chi connectivity index (χ4v) is 1.53. The third-order valence-electron chi connectivity index (χ3n) is 1.77. The van der Waals surface area contributed by atoms with Crippen LogP contribution in [0, 0.1) is 9.49 Å². The normalized spacial score (nSPS) is 10.5. The molecule has 0 bridgehead atoms. The number of rotatable bonds is 4.